The molecule has 0 fully saturated rings. The van der Waals surface area contributed by atoms with Gasteiger partial charge in [-0.3, -0.25) is 0 Å². The van der Waals surface area contributed by atoms with E-state index in [1.807, 2.05) is 31.2 Å². The van der Waals surface area contributed by atoms with Gasteiger partial charge in [0.25, 0.3) is 0 Å². The Bertz CT molecular complexity index is 1440. The van der Waals surface area contributed by atoms with Gasteiger partial charge in [-0.15, -0.1) is 0 Å². The first-order valence-corrected chi connectivity index (χ1v) is 12.5. The number of nitrogens with zero attached hydrogens (tertiary/aromatic N) is 1. The van der Waals surface area contributed by atoms with Crippen LogP contribution in [0.1, 0.15) is 29.5 Å². The maximum absolute atomic E-state index is 9.95. The van der Waals surface area contributed by atoms with E-state index in [2.05, 4.69) is 22.0 Å². The number of hydrogen-bond acceptors (Lipinski definition) is 7. The van der Waals surface area contributed by atoms with E-state index in [1.54, 1.807) is 18.2 Å². The molecule has 0 saturated carbocycles. The second kappa shape index (κ2) is 10.0. The maximum atomic E-state index is 9.95. The molecule has 2 N–H and O–H groups in total. The van der Waals surface area contributed by atoms with Crippen molar-refractivity contribution in [2.45, 2.75) is 19.4 Å². The third-order valence-corrected chi connectivity index (χ3v) is 6.94. The molecular formula is C26H19BrCl2N2O5. The summed E-state index contributed by atoms with van der Waals surface area (Å²) in [4.78, 5) is 0. The molecule has 0 aromatic heterocycles. The van der Waals surface area contributed by atoms with E-state index in [-0.39, 0.29) is 24.9 Å². The summed E-state index contributed by atoms with van der Waals surface area (Å²) < 4.78 is 29.5. The van der Waals surface area contributed by atoms with Gasteiger partial charge in [-0.1, -0.05) is 29.3 Å². The number of halogens is 3. The first-order valence-electron chi connectivity index (χ1n) is 10.9. The van der Waals surface area contributed by atoms with Crippen molar-refractivity contribution in [2.75, 3.05) is 13.4 Å². The summed E-state index contributed by atoms with van der Waals surface area (Å²) in [5.41, 5.74) is 8.68. The minimum Gasteiger partial charge on any atom is -0.490 e. The van der Waals surface area contributed by atoms with Crippen molar-refractivity contribution in [3.63, 3.8) is 0 Å². The first-order chi connectivity index (χ1) is 17.4. The lowest BCUT2D eigenvalue weighted by Gasteiger charge is -2.27. The van der Waals surface area contributed by atoms with Gasteiger partial charge in [0, 0.05) is 27.2 Å². The second-order valence-corrected chi connectivity index (χ2v) is 9.65. The van der Waals surface area contributed by atoms with Gasteiger partial charge in [-0.2, -0.15) is 5.26 Å². The number of fused-ring (bicyclic) bond motifs is 2. The number of hydrogen-bond donors (Lipinski definition) is 1. The summed E-state index contributed by atoms with van der Waals surface area (Å²) in [6.45, 7) is 2.60. The molecule has 0 bridgehead atoms. The number of ether oxygens (including phenoxy) is 5. The SMILES string of the molecule is CCOc1cc([C@@H]2C(C#N)=C(N)Oc3cc4c(cc32)OCO4)cc(Br)c1OCc1ccc(Cl)cc1Cl. The molecule has 2 aliphatic rings. The Morgan fingerprint density at radius 3 is 2.58 bits per heavy atom. The molecule has 1 atom stereocenters. The van der Waals surface area contributed by atoms with Gasteiger partial charge < -0.3 is 29.4 Å². The van der Waals surface area contributed by atoms with Crippen LogP contribution in [0.2, 0.25) is 10.0 Å². The highest BCUT2D eigenvalue weighted by atomic mass is 79.9. The van der Waals surface area contributed by atoms with E-state index in [1.165, 1.54) is 0 Å². The molecule has 10 heteroatoms. The first kappa shape index (κ1) is 24.4. The molecule has 2 aliphatic heterocycles. The third kappa shape index (κ3) is 4.50. The Balaban J connectivity index is 1.56. The number of benzene rings is 3. The van der Waals surface area contributed by atoms with Crippen LogP contribution in [0, 0.1) is 11.3 Å². The number of allylic oxidation sites excluding steroid dienone is 1. The highest BCUT2D eigenvalue weighted by molar-refractivity contribution is 9.10. The Kier molecular flexibility index (Phi) is 6.80. The van der Waals surface area contributed by atoms with E-state index >= 15 is 0 Å². The summed E-state index contributed by atoms with van der Waals surface area (Å²) in [5, 5.41) is 11.0. The largest absolute Gasteiger partial charge is 0.490 e. The molecule has 0 amide bonds. The van der Waals surface area contributed by atoms with E-state index in [4.69, 9.17) is 52.6 Å². The Labute approximate surface area is 226 Å². The molecule has 2 heterocycles. The van der Waals surface area contributed by atoms with Crippen LogP contribution in [-0.4, -0.2) is 13.4 Å². The van der Waals surface area contributed by atoms with E-state index in [9.17, 15) is 5.26 Å². The second-order valence-electron chi connectivity index (χ2n) is 7.96. The third-order valence-electron chi connectivity index (χ3n) is 5.76. The highest BCUT2D eigenvalue weighted by Crippen LogP contribution is 2.50. The van der Waals surface area contributed by atoms with Crippen LogP contribution >= 0.6 is 39.1 Å². The maximum Gasteiger partial charge on any atom is 0.231 e. The molecule has 0 saturated heterocycles. The molecule has 0 aliphatic carbocycles. The van der Waals surface area contributed by atoms with Crippen LogP contribution in [0.15, 0.2) is 58.4 Å². The fourth-order valence-electron chi connectivity index (χ4n) is 4.14. The molecular weight excluding hydrogens is 571 g/mol. The quantitative estimate of drug-likeness (QED) is 0.342. The lowest BCUT2D eigenvalue weighted by atomic mass is 9.83. The molecule has 3 aromatic carbocycles. The zero-order chi connectivity index (χ0) is 25.4. The van der Waals surface area contributed by atoms with Gasteiger partial charge in [-0.05, 0) is 58.7 Å². The molecule has 0 unspecified atom stereocenters. The molecule has 7 nitrogen and oxygen atoms in total. The van der Waals surface area contributed by atoms with Crippen molar-refractivity contribution in [2.24, 2.45) is 5.73 Å². The van der Waals surface area contributed by atoms with Gasteiger partial charge in [0.15, 0.2) is 23.0 Å². The Morgan fingerprint density at radius 1 is 1.08 bits per heavy atom. The molecule has 36 heavy (non-hydrogen) atoms. The molecule has 0 spiro atoms. The molecule has 5 rings (SSSR count). The fraction of sp³-hybridized carbons (Fsp3) is 0.192. The summed E-state index contributed by atoms with van der Waals surface area (Å²) in [5.74, 6) is 2.12. The zero-order valence-corrected chi connectivity index (χ0v) is 22.0. The monoisotopic (exact) mass is 588 g/mol. The molecule has 184 valence electrons. The van der Waals surface area contributed by atoms with Gasteiger partial charge >= 0.3 is 0 Å². The van der Waals surface area contributed by atoms with Crippen LogP contribution in [0.25, 0.3) is 0 Å². The van der Waals surface area contributed by atoms with Gasteiger partial charge in [-0.25, -0.2) is 0 Å². The minimum atomic E-state index is -0.525. The Hall–Kier alpha value is -3.25. The van der Waals surface area contributed by atoms with Gasteiger partial charge in [0.05, 0.1) is 17.0 Å². The Morgan fingerprint density at radius 2 is 1.86 bits per heavy atom. The average molecular weight is 590 g/mol. The highest BCUT2D eigenvalue weighted by Gasteiger charge is 2.34. The predicted molar refractivity (Wildman–Crippen MR) is 138 cm³/mol. The summed E-state index contributed by atoms with van der Waals surface area (Å²) >= 11 is 15.9. The van der Waals surface area contributed by atoms with Crippen molar-refractivity contribution in [1.29, 1.82) is 5.26 Å². The topological polar surface area (TPSA) is 96.0 Å². The summed E-state index contributed by atoms with van der Waals surface area (Å²) in [7, 11) is 0. The van der Waals surface area contributed by atoms with Crippen LogP contribution in [0.3, 0.4) is 0 Å². The summed E-state index contributed by atoms with van der Waals surface area (Å²) in [6, 6.07) is 14.7. The predicted octanol–water partition coefficient (Wildman–Crippen LogP) is 6.68. The number of nitriles is 1. The van der Waals surface area contributed by atoms with E-state index in [0.717, 1.165) is 16.7 Å². The van der Waals surface area contributed by atoms with Crippen LogP contribution in [0.4, 0.5) is 0 Å². The van der Waals surface area contributed by atoms with Crippen LogP contribution in [-0.2, 0) is 6.61 Å². The molecule has 0 radical (unpaired) electrons. The smallest absolute Gasteiger partial charge is 0.231 e. The average Bonchev–Trinajstić information content (AvgIpc) is 3.30. The standard InChI is InChI=1S/C26H19BrCl2N2O5/c1-2-32-23-6-14(5-18(27)25(23)33-11-13-3-4-15(28)7-19(13)29)24-16-8-21-22(35-12-34-21)9-20(16)36-26(31)17(24)10-30/h3-9,24H,2,11-12,31H2,1H3/t24-/m0/s1. The van der Waals surface area contributed by atoms with Crippen molar-refractivity contribution >= 4 is 39.1 Å². The summed E-state index contributed by atoms with van der Waals surface area (Å²) in [6.07, 6.45) is 0. The van der Waals surface area contributed by atoms with Gasteiger partial charge in [0.2, 0.25) is 12.7 Å². The van der Waals surface area contributed by atoms with E-state index < -0.39 is 5.92 Å². The number of rotatable bonds is 6. The van der Waals surface area contributed by atoms with Crippen molar-refractivity contribution < 1.29 is 23.7 Å². The van der Waals surface area contributed by atoms with Crippen molar-refractivity contribution in [3.05, 3.63) is 85.1 Å². The lowest BCUT2D eigenvalue weighted by Crippen LogP contribution is -2.21. The van der Waals surface area contributed by atoms with Crippen molar-refractivity contribution in [1.82, 2.24) is 0 Å². The minimum absolute atomic E-state index is 0.0284. The van der Waals surface area contributed by atoms with Crippen LogP contribution in [0.5, 0.6) is 28.7 Å². The zero-order valence-electron chi connectivity index (χ0n) is 18.9. The number of nitrogens with two attached hydrogens (primary N) is 1. The van der Waals surface area contributed by atoms with Gasteiger partial charge in [0.1, 0.15) is 24.0 Å². The fourth-order valence-corrected chi connectivity index (χ4v) is 5.17. The normalized spacial score (nSPS) is 15.7. The van der Waals surface area contributed by atoms with Crippen LogP contribution < -0.4 is 29.4 Å². The lowest BCUT2D eigenvalue weighted by molar-refractivity contribution is 0.174. The van der Waals surface area contributed by atoms with E-state index in [0.29, 0.717) is 49.9 Å². The van der Waals surface area contributed by atoms with Crippen molar-refractivity contribution in [3.8, 4) is 34.8 Å². The molecule has 3 aromatic rings.